The Hall–Kier alpha value is -0.0800. The summed E-state index contributed by atoms with van der Waals surface area (Å²) >= 11 is 0. The minimum atomic E-state index is 1.19. The van der Waals surface area contributed by atoms with Crippen LogP contribution in [0.25, 0.3) is 0 Å². The summed E-state index contributed by atoms with van der Waals surface area (Å²) in [7, 11) is 0. The first-order chi connectivity index (χ1) is 7.93. The summed E-state index contributed by atoms with van der Waals surface area (Å²) in [5.74, 6) is 0. The van der Waals surface area contributed by atoms with E-state index in [0.717, 1.165) is 0 Å². The molecule has 2 heteroatoms. The van der Waals surface area contributed by atoms with Crippen molar-refractivity contribution in [3.05, 3.63) is 0 Å². The number of nitrogens with one attached hydrogen (secondary N) is 1. The molecule has 1 N–H and O–H groups in total. The second-order valence-corrected chi connectivity index (χ2v) is 5.07. The van der Waals surface area contributed by atoms with Crippen LogP contribution in [0.4, 0.5) is 0 Å². The highest BCUT2D eigenvalue weighted by molar-refractivity contribution is 4.65. The van der Waals surface area contributed by atoms with E-state index < -0.39 is 0 Å². The maximum absolute atomic E-state index is 3.46. The Bertz CT molecular complexity index is 140. The second-order valence-electron chi connectivity index (χ2n) is 5.07. The molecule has 0 spiro atoms. The van der Waals surface area contributed by atoms with Crippen LogP contribution < -0.4 is 5.32 Å². The fourth-order valence-electron chi connectivity index (χ4n) is 2.42. The number of hydrogen-bond acceptors (Lipinski definition) is 2. The maximum atomic E-state index is 3.46. The third kappa shape index (κ3) is 7.24. The average molecular weight is 226 g/mol. The molecular formula is C14H30N2. The highest BCUT2D eigenvalue weighted by atomic mass is 15.1. The van der Waals surface area contributed by atoms with Crippen LogP contribution in [-0.4, -0.2) is 37.6 Å². The molecule has 0 saturated carbocycles. The predicted octanol–water partition coefficient (Wildman–Crippen LogP) is 3.03. The summed E-state index contributed by atoms with van der Waals surface area (Å²) in [6, 6.07) is 0. The van der Waals surface area contributed by atoms with E-state index in [-0.39, 0.29) is 0 Å². The molecule has 0 aromatic carbocycles. The molecule has 0 radical (unpaired) electrons. The Labute approximate surface area is 102 Å². The lowest BCUT2D eigenvalue weighted by Crippen LogP contribution is -2.29. The van der Waals surface area contributed by atoms with Crippen molar-refractivity contribution in [2.24, 2.45) is 0 Å². The van der Waals surface area contributed by atoms with Gasteiger partial charge >= 0.3 is 0 Å². The van der Waals surface area contributed by atoms with Crippen molar-refractivity contribution in [2.45, 2.75) is 58.3 Å². The van der Waals surface area contributed by atoms with Gasteiger partial charge in [-0.05, 0) is 32.5 Å². The summed E-state index contributed by atoms with van der Waals surface area (Å²) in [5.41, 5.74) is 0. The quantitative estimate of drug-likeness (QED) is 0.640. The van der Waals surface area contributed by atoms with Crippen molar-refractivity contribution in [2.75, 3.05) is 32.7 Å². The van der Waals surface area contributed by atoms with E-state index in [1.54, 1.807) is 0 Å². The number of unbranched alkanes of at least 4 members (excludes halogenated alkanes) is 6. The largest absolute Gasteiger partial charge is 0.315 e. The highest BCUT2D eigenvalue weighted by Crippen LogP contribution is 2.08. The van der Waals surface area contributed by atoms with Gasteiger partial charge < -0.3 is 10.2 Å². The van der Waals surface area contributed by atoms with Gasteiger partial charge in [-0.3, -0.25) is 0 Å². The molecule has 1 rings (SSSR count). The summed E-state index contributed by atoms with van der Waals surface area (Å²) in [6.45, 7) is 8.59. The lowest BCUT2D eigenvalue weighted by atomic mass is 10.1. The van der Waals surface area contributed by atoms with Crippen LogP contribution in [0.2, 0.25) is 0 Å². The SMILES string of the molecule is CCCCCCCCCN1CCCNCC1. The molecule has 0 bridgehead atoms. The minimum absolute atomic E-state index is 1.19. The second kappa shape index (κ2) is 10.1. The Morgan fingerprint density at radius 3 is 2.44 bits per heavy atom. The molecule has 0 amide bonds. The molecule has 16 heavy (non-hydrogen) atoms. The van der Waals surface area contributed by atoms with Crippen LogP contribution in [0.5, 0.6) is 0 Å². The average Bonchev–Trinajstić information content (AvgIpc) is 2.56. The number of rotatable bonds is 8. The van der Waals surface area contributed by atoms with E-state index in [1.807, 2.05) is 0 Å². The first-order valence-electron chi connectivity index (χ1n) is 7.36. The molecule has 1 aliphatic heterocycles. The van der Waals surface area contributed by atoms with Crippen molar-refractivity contribution in [3.8, 4) is 0 Å². The van der Waals surface area contributed by atoms with Crippen LogP contribution in [0.1, 0.15) is 58.3 Å². The first kappa shape index (κ1) is 14.0. The molecule has 2 nitrogen and oxygen atoms in total. The fourth-order valence-corrected chi connectivity index (χ4v) is 2.42. The van der Waals surface area contributed by atoms with Gasteiger partial charge in [0.2, 0.25) is 0 Å². The van der Waals surface area contributed by atoms with Gasteiger partial charge in [0.25, 0.3) is 0 Å². The molecule has 0 aliphatic carbocycles. The van der Waals surface area contributed by atoms with E-state index in [0.29, 0.717) is 0 Å². The Morgan fingerprint density at radius 1 is 0.875 bits per heavy atom. The van der Waals surface area contributed by atoms with E-state index in [1.165, 1.54) is 84.1 Å². The van der Waals surface area contributed by atoms with E-state index >= 15 is 0 Å². The van der Waals surface area contributed by atoms with Gasteiger partial charge in [0.1, 0.15) is 0 Å². The minimum Gasteiger partial charge on any atom is -0.315 e. The summed E-state index contributed by atoms with van der Waals surface area (Å²) in [5, 5.41) is 3.46. The maximum Gasteiger partial charge on any atom is 0.0107 e. The zero-order valence-electron chi connectivity index (χ0n) is 11.1. The van der Waals surface area contributed by atoms with Crippen LogP contribution in [0.3, 0.4) is 0 Å². The van der Waals surface area contributed by atoms with E-state index in [9.17, 15) is 0 Å². The van der Waals surface area contributed by atoms with Gasteiger partial charge in [0.05, 0.1) is 0 Å². The Morgan fingerprint density at radius 2 is 1.62 bits per heavy atom. The molecule has 1 aliphatic rings. The standard InChI is InChI=1S/C14H30N2/c1-2-3-4-5-6-7-8-12-16-13-9-10-15-11-14-16/h15H,2-14H2,1H3. The predicted molar refractivity (Wildman–Crippen MR) is 71.9 cm³/mol. The zero-order valence-corrected chi connectivity index (χ0v) is 11.1. The number of hydrogen-bond donors (Lipinski definition) is 1. The molecule has 1 fully saturated rings. The van der Waals surface area contributed by atoms with Crippen LogP contribution in [0.15, 0.2) is 0 Å². The molecule has 0 aromatic heterocycles. The lowest BCUT2D eigenvalue weighted by molar-refractivity contribution is 0.284. The molecule has 96 valence electrons. The molecule has 0 aromatic rings. The third-order valence-corrected chi connectivity index (χ3v) is 3.51. The normalized spacial score (nSPS) is 18.6. The Balaban J connectivity index is 1.86. The van der Waals surface area contributed by atoms with Crippen LogP contribution >= 0.6 is 0 Å². The van der Waals surface area contributed by atoms with E-state index in [2.05, 4.69) is 17.1 Å². The van der Waals surface area contributed by atoms with Gasteiger partial charge in [0, 0.05) is 13.1 Å². The molecule has 0 atom stereocenters. The summed E-state index contributed by atoms with van der Waals surface area (Å²) in [6.07, 6.45) is 11.3. The van der Waals surface area contributed by atoms with Gasteiger partial charge in [-0.1, -0.05) is 45.4 Å². The van der Waals surface area contributed by atoms with E-state index in [4.69, 9.17) is 0 Å². The fraction of sp³-hybridized carbons (Fsp3) is 1.00. The third-order valence-electron chi connectivity index (χ3n) is 3.51. The van der Waals surface area contributed by atoms with Crippen molar-refractivity contribution in [3.63, 3.8) is 0 Å². The van der Waals surface area contributed by atoms with Gasteiger partial charge in [-0.15, -0.1) is 0 Å². The highest BCUT2D eigenvalue weighted by Gasteiger charge is 2.06. The molecule has 1 saturated heterocycles. The summed E-state index contributed by atoms with van der Waals surface area (Å²) in [4.78, 5) is 2.63. The van der Waals surface area contributed by atoms with Gasteiger partial charge in [-0.2, -0.15) is 0 Å². The monoisotopic (exact) mass is 226 g/mol. The molecular weight excluding hydrogens is 196 g/mol. The van der Waals surface area contributed by atoms with Crippen LogP contribution in [0, 0.1) is 0 Å². The molecule has 0 unspecified atom stereocenters. The number of nitrogens with zero attached hydrogens (tertiary/aromatic N) is 1. The van der Waals surface area contributed by atoms with Crippen molar-refractivity contribution < 1.29 is 0 Å². The van der Waals surface area contributed by atoms with Crippen molar-refractivity contribution in [1.29, 1.82) is 0 Å². The molecule has 1 heterocycles. The first-order valence-corrected chi connectivity index (χ1v) is 7.36. The lowest BCUT2D eigenvalue weighted by Gasteiger charge is -2.18. The zero-order chi connectivity index (χ0) is 11.5. The Kier molecular flexibility index (Phi) is 8.83. The topological polar surface area (TPSA) is 15.3 Å². The van der Waals surface area contributed by atoms with Gasteiger partial charge in [0.15, 0.2) is 0 Å². The van der Waals surface area contributed by atoms with Crippen molar-refractivity contribution >= 4 is 0 Å². The van der Waals surface area contributed by atoms with Crippen LogP contribution in [-0.2, 0) is 0 Å². The van der Waals surface area contributed by atoms with Crippen molar-refractivity contribution in [1.82, 2.24) is 10.2 Å². The smallest absolute Gasteiger partial charge is 0.0107 e. The summed E-state index contributed by atoms with van der Waals surface area (Å²) < 4.78 is 0. The van der Waals surface area contributed by atoms with Gasteiger partial charge in [-0.25, -0.2) is 0 Å².